The number of hydrogen-bond donors (Lipinski definition) is 1. The Morgan fingerprint density at radius 3 is 0.474 bits per heavy atom. The Balaban J connectivity index is -0.0000000298. The topological polar surface area (TPSA) is 20.2 Å². The van der Waals surface area contributed by atoms with E-state index in [4.69, 9.17) is 5.11 Å². The zero-order chi connectivity index (χ0) is 15.5. The third kappa shape index (κ3) is 6020. The second kappa shape index (κ2) is 17.0. The summed E-state index contributed by atoms with van der Waals surface area (Å²) in [7, 11) is -17.0. The first kappa shape index (κ1) is 36.8. The molecule has 0 atom stereocenters. The van der Waals surface area contributed by atoms with E-state index < -0.39 is 21.8 Å². The van der Waals surface area contributed by atoms with Crippen molar-refractivity contribution in [1.82, 2.24) is 0 Å². The molecule has 0 aromatic carbocycles. The minimum absolute atomic E-state index is 0. The summed E-state index contributed by atoms with van der Waals surface area (Å²) >= 11 is 0. The summed E-state index contributed by atoms with van der Waals surface area (Å²) in [6.45, 7) is 0. The molecule has 17 heteroatoms. The molecule has 1 nitrogen and oxygen atoms in total. The molecule has 0 aromatic rings. The quantitative estimate of drug-likeness (QED) is 0.525. The van der Waals surface area contributed by atoms with Crippen molar-refractivity contribution in [2.75, 3.05) is 7.11 Å². The first-order chi connectivity index (χ1) is 7.00. The number of rotatable bonds is 0. The van der Waals surface area contributed by atoms with E-state index >= 15 is 0 Å². The van der Waals surface area contributed by atoms with Crippen molar-refractivity contribution in [2.24, 2.45) is 0 Å². The summed E-state index contributed by atoms with van der Waals surface area (Å²) in [4.78, 5) is 0. The van der Waals surface area contributed by atoms with Crippen molar-refractivity contribution in [2.45, 2.75) is 7.43 Å². The van der Waals surface area contributed by atoms with E-state index in [1.807, 2.05) is 0 Å². The van der Waals surface area contributed by atoms with E-state index in [1.54, 1.807) is 0 Å². The van der Waals surface area contributed by atoms with Gasteiger partial charge in [0.25, 0.3) is 0 Å². The molecule has 0 bridgehead atoms. The van der Waals surface area contributed by atoms with Gasteiger partial charge >= 0.3 is 73.1 Å². The Hall–Kier alpha value is 0.951. The molecule has 0 saturated carbocycles. The molecule has 0 amide bonds. The van der Waals surface area contributed by atoms with Crippen LogP contribution in [0.5, 0.6) is 0 Å². The minimum atomic E-state index is -6.00. The summed E-state index contributed by atoms with van der Waals surface area (Å²) in [5.74, 6) is 0. The van der Waals surface area contributed by atoms with Gasteiger partial charge in [-0.15, -0.1) is 0 Å². The van der Waals surface area contributed by atoms with Crippen LogP contribution < -0.4 is 0 Å². The van der Waals surface area contributed by atoms with Crippen molar-refractivity contribution in [3.8, 4) is 0 Å². The van der Waals surface area contributed by atoms with Gasteiger partial charge in [-0.25, -0.2) is 0 Å². The number of aliphatic hydroxyl groups excluding tert-OH is 1. The number of aliphatic hydroxyl groups is 1. The molecule has 0 aliphatic carbocycles. The SMILES string of the molecule is C.CO.F[B-](F)(F)F.F[B-](F)(F)F.F[B-](F)(F)F.[KH]. The van der Waals surface area contributed by atoms with Crippen molar-refractivity contribution in [1.29, 1.82) is 0 Å². The van der Waals surface area contributed by atoms with E-state index in [0.29, 0.717) is 0 Å². The van der Waals surface area contributed by atoms with Crippen molar-refractivity contribution < 1.29 is 56.9 Å². The third-order valence-electron chi connectivity index (χ3n) is 0. The maximum atomic E-state index is 9.75. The first-order valence-corrected chi connectivity index (χ1v) is 3.07. The summed E-state index contributed by atoms with van der Waals surface area (Å²) in [5.41, 5.74) is 0. The molecule has 0 radical (unpaired) electrons. The molecule has 0 heterocycles. The van der Waals surface area contributed by atoms with Crippen LogP contribution in [0, 0.1) is 0 Å². The van der Waals surface area contributed by atoms with Crippen molar-refractivity contribution in [3.63, 3.8) is 0 Å². The van der Waals surface area contributed by atoms with Crippen LogP contribution in [0.25, 0.3) is 0 Å². The molecule has 0 aliphatic heterocycles. The zero-order valence-electron chi connectivity index (χ0n) is 7.71. The average molecular weight is 349 g/mol. The van der Waals surface area contributed by atoms with Crippen LogP contribution in [0.3, 0.4) is 0 Å². The van der Waals surface area contributed by atoms with Crippen molar-refractivity contribution >= 4 is 73.1 Å². The normalized spacial score (nSPS) is 9.79. The van der Waals surface area contributed by atoms with E-state index in [2.05, 4.69) is 0 Å². The molecule has 0 aromatic heterocycles. The predicted octanol–water partition coefficient (Wildman–Crippen LogP) is 3.50. The second-order valence-corrected chi connectivity index (χ2v) is 1.48. The average Bonchev–Trinajstić information content (AvgIpc) is 1.77. The van der Waals surface area contributed by atoms with Gasteiger partial charge in [-0.05, 0) is 0 Å². The van der Waals surface area contributed by atoms with Gasteiger partial charge in [-0.1, -0.05) is 7.43 Å². The maximum absolute atomic E-state index is 9.75. The van der Waals surface area contributed by atoms with E-state index in [9.17, 15) is 51.8 Å². The van der Waals surface area contributed by atoms with E-state index in [-0.39, 0.29) is 58.8 Å². The molecular formula is C2H9B3F12KO-3. The second-order valence-electron chi connectivity index (χ2n) is 1.48. The molecule has 0 aliphatic rings. The van der Waals surface area contributed by atoms with Gasteiger partial charge in [0, 0.05) is 7.11 Å². The van der Waals surface area contributed by atoms with Crippen LogP contribution in [-0.2, 0) is 0 Å². The van der Waals surface area contributed by atoms with Gasteiger partial charge in [0.15, 0.2) is 0 Å². The van der Waals surface area contributed by atoms with Gasteiger partial charge in [0.1, 0.15) is 0 Å². The van der Waals surface area contributed by atoms with Crippen LogP contribution in [-0.4, -0.2) is 85.4 Å². The van der Waals surface area contributed by atoms with E-state index in [1.165, 1.54) is 0 Å². The van der Waals surface area contributed by atoms with Gasteiger partial charge in [-0.2, -0.15) is 0 Å². The Kier molecular flexibility index (Phi) is 32.9. The fraction of sp³-hybridized carbons (Fsp3) is 1.00. The fourth-order valence-electron chi connectivity index (χ4n) is 0. The summed E-state index contributed by atoms with van der Waals surface area (Å²) < 4.78 is 117. The van der Waals surface area contributed by atoms with Crippen LogP contribution in [0.2, 0.25) is 0 Å². The molecule has 19 heavy (non-hydrogen) atoms. The summed E-state index contributed by atoms with van der Waals surface area (Å²) in [5, 5.41) is 7.00. The molecule has 0 unspecified atom stereocenters. The molecule has 1 N–H and O–H groups in total. The molecule has 0 saturated heterocycles. The predicted molar refractivity (Wildman–Crippen MR) is 52.6 cm³/mol. The van der Waals surface area contributed by atoms with Crippen LogP contribution in [0.15, 0.2) is 0 Å². The number of halogens is 12. The Morgan fingerprint density at radius 1 is 0.474 bits per heavy atom. The number of hydrogen-bond acceptors (Lipinski definition) is 1. The van der Waals surface area contributed by atoms with Gasteiger partial charge in [0.05, 0.1) is 0 Å². The molecule has 0 rings (SSSR count). The molecular weight excluding hydrogens is 340 g/mol. The summed E-state index contributed by atoms with van der Waals surface area (Å²) in [6, 6.07) is 0. The Bertz CT molecular complexity index is 106. The van der Waals surface area contributed by atoms with Gasteiger partial charge in [0.2, 0.25) is 0 Å². The van der Waals surface area contributed by atoms with Crippen LogP contribution in [0.4, 0.5) is 51.8 Å². The molecule has 0 spiro atoms. The van der Waals surface area contributed by atoms with Gasteiger partial charge in [-0.3, -0.25) is 0 Å². The van der Waals surface area contributed by atoms with Crippen molar-refractivity contribution in [3.05, 3.63) is 0 Å². The third-order valence-corrected chi connectivity index (χ3v) is 0. The van der Waals surface area contributed by atoms with Gasteiger partial charge < -0.3 is 56.9 Å². The van der Waals surface area contributed by atoms with Crippen LogP contribution in [0.1, 0.15) is 7.43 Å². The first-order valence-electron chi connectivity index (χ1n) is 3.07. The van der Waals surface area contributed by atoms with E-state index in [0.717, 1.165) is 7.11 Å². The Morgan fingerprint density at radius 2 is 0.474 bits per heavy atom. The molecule has 0 fully saturated rings. The standard InChI is InChI=1S/CH4O.CH4.3BF4.K.H/c1-2;;3*2-1(3,4)5;;/h2H,1H3;1H4;;;;;/q;;3*-1;;. The Labute approximate surface area is 143 Å². The molecule has 120 valence electrons. The van der Waals surface area contributed by atoms with Crippen LogP contribution >= 0.6 is 0 Å². The monoisotopic (exact) mass is 349 g/mol. The fourth-order valence-corrected chi connectivity index (χ4v) is 0. The zero-order valence-corrected chi connectivity index (χ0v) is 7.71. The summed E-state index contributed by atoms with van der Waals surface area (Å²) in [6.07, 6.45) is 0.